The maximum Gasteiger partial charge on any atom is 0.191 e. The van der Waals surface area contributed by atoms with E-state index in [0.717, 1.165) is 57.3 Å². The second kappa shape index (κ2) is 12.4. The monoisotopic (exact) mass is 552 g/mol. The van der Waals surface area contributed by atoms with Crippen LogP contribution in [-0.2, 0) is 19.4 Å². The van der Waals surface area contributed by atoms with Gasteiger partial charge < -0.3 is 20.3 Å². The molecule has 2 aliphatic heterocycles. The van der Waals surface area contributed by atoms with Crippen molar-refractivity contribution >= 4 is 47.4 Å². The largest absolute Gasteiger partial charge is 0.493 e. The number of hydrogen-bond donors (Lipinski definition) is 2. The summed E-state index contributed by atoms with van der Waals surface area (Å²) >= 11 is 2.04. The van der Waals surface area contributed by atoms with E-state index >= 15 is 0 Å². The molecule has 0 bridgehead atoms. The van der Waals surface area contributed by atoms with Crippen LogP contribution in [0.25, 0.3) is 0 Å². The number of halogens is 1. The lowest BCUT2D eigenvalue weighted by Gasteiger charge is -2.28. The Kier molecular flexibility index (Phi) is 9.64. The molecule has 168 valence electrons. The summed E-state index contributed by atoms with van der Waals surface area (Å²) in [4.78, 5) is 7.24. The van der Waals surface area contributed by atoms with Crippen LogP contribution in [-0.4, -0.2) is 50.3 Å². The first-order chi connectivity index (χ1) is 14.8. The molecule has 0 spiro atoms. The Labute approximate surface area is 207 Å². The zero-order valence-electron chi connectivity index (χ0n) is 18.2. The van der Waals surface area contributed by atoms with Crippen molar-refractivity contribution in [2.75, 3.05) is 49.2 Å². The average Bonchev–Trinajstić information content (AvgIpc) is 3.26. The van der Waals surface area contributed by atoms with Crippen molar-refractivity contribution in [2.24, 2.45) is 4.99 Å². The van der Waals surface area contributed by atoms with Crippen LogP contribution in [0.2, 0.25) is 0 Å². The predicted molar refractivity (Wildman–Crippen MR) is 144 cm³/mol. The van der Waals surface area contributed by atoms with Crippen LogP contribution in [0.1, 0.15) is 23.6 Å². The van der Waals surface area contributed by atoms with Crippen molar-refractivity contribution in [3.63, 3.8) is 0 Å². The van der Waals surface area contributed by atoms with Gasteiger partial charge in [0.15, 0.2) is 5.96 Å². The number of hydrogen-bond acceptors (Lipinski definition) is 4. The first-order valence-corrected chi connectivity index (χ1v) is 12.2. The van der Waals surface area contributed by atoms with Crippen molar-refractivity contribution in [1.82, 2.24) is 10.6 Å². The lowest BCUT2D eigenvalue weighted by molar-refractivity contribution is 0.357. The van der Waals surface area contributed by atoms with Crippen LogP contribution in [0, 0.1) is 0 Å². The highest BCUT2D eigenvalue weighted by Gasteiger charge is 2.12. The second-order valence-corrected chi connectivity index (χ2v) is 8.90. The van der Waals surface area contributed by atoms with E-state index in [1.165, 1.54) is 33.9 Å². The van der Waals surface area contributed by atoms with E-state index in [2.05, 4.69) is 64.9 Å². The van der Waals surface area contributed by atoms with Gasteiger partial charge in [0.25, 0.3) is 0 Å². The lowest BCUT2D eigenvalue weighted by atomic mass is 10.1. The number of fused-ring (bicyclic) bond motifs is 1. The number of rotatable bonds is 7. The predicted octanol–water partition coefficient (Wildman–Crippen LogP) is 4.09. The quantitative estimate of drug-likeness (QED) is 0.308. The summed E-state index contributed by atoms with van der Waals surface area (Å²) in [6, 6.07) is 15.4. The van der Waals surface area contributed by atoms with Gasteiger partial charge in [-0.3, -0.25) is 0 Å². The van der Waals surface area contributed by atoms with Gasteiger partial charge in [0.1, 0.15) is 5.75 Å². The summed E-state index contributed by atoms with van der Waals surface area (Å²) in [6.07, 6.45) is 2.00. The number of nitrogens with zero attached hydrogens (tertiary/aromatic N) is 2. The van der Waals surface area contributed by atoms with Crippen molar-refractivity contribution in [2.45, 2.75) is 26.3 Å². The Morgan fingerprint density at radius 3 is 2.61 bits per heavy atom. The smallest absolute Gasteiger partial charge is 0.191 e. The average molecular weight is 553 g/mol. The maximum atomic E-state index is 5.60. The van der Waals surface area contributed by atoms with Gasteiger partial charge in [0.05, 0.1) is 13.2 Å². The van der Waals surface area contributed by atoms with Crippen LogP contribution in [0.4, 0.5) is 5.69 Å². The first-order valence-electron chi connectivity index (χ1n) is 11.0. The second-order valence-electron chi connectivity index (χ2n) is 7.68. The van der Waals surface area contributed by atoms with Gasteiger partial charge in [-0.25, -0.2) is 4.99 Å². The SMILES string of the molecule is CCNC(=NCc1ccc(N2CCSCC2)cc1)NCCc1ccc2c(c1)CCO2.I. The van der Waals surface area contributed by atoms with E-state index in [1.807, 2.05) is 11.8 Å². The van der Waals surface area contributed by atoms with Gasteiger partial charge in [-0.05, 0) is 48.2 Å². The molecule has 2 heterocycles. The summed E-state index contributed by atoms with van der Waals surface area (Å²) in [7, 11) is 0. The molecule has 0 aliphatic carbocycles. The van der Waals surface area contributed by atoms with Gasteiger partial charge >= 0.3 is 0 Å². The molecule has 1 fully saturated rings. The zero-order valence-corrected chi connectivity index (χ0v) is 21.4. The van der Waals surface area contributed by atoms with Crippen molar-refractivity contribution in [3.8, 4) is 5.75 Å². The van der Waals surface area contributed by atoms with Gasteiger partial charge in [-0.1, -0.05) is 24.3 Å². The molecule has 0 saturated carbocycles. The number of aliphatic imine (C=N–C) groups is 1. The Balaban J connectivity index is 0.00000272. The molecule has 4 rings (SSSR count). The van der Waals surface area contributed by atoms with Gasteiger partial charge in [0.2, 0.25) is 0 Å². The summed E-state index contributed by atoms with van der Waals surface area (Å²) < 4.78 is 5.60. The van der Waals surface area contributed by atoms with E-state index in [1.54, 1.807) is 0 Å². The topological polar surface area (TPSA) is 48.9 Å². The lowest BCUT2D eigenvalue weighted by Crippen LogP contribution is -2.38. The molecule has 0 aromatic heterocycles. The van der Waals surface area contributed by atoms with E-state index in [4.69, 9.17) is 9.73 Å². The van der Waals surface area contributed by atoms with Gasteiger partial charge in [-0.2, -0.15) is 11.8 Å². The third kappa shape index (κ3) is 6.94. The molecule has 0 atom stereocenters. The third-order valence-electron chi connectivity index (χ3n) is 5.54. The molecule has 5 nitrogen and oxygen atoms in total. The minimum atomic E-state index is 0. The molecule has 31 heavy (non-hydrogen) atoms. The van der Waals surface area contributed by atoms with E-state index in [9.17, 15) is 0 Å². The fourth-order valence-corrected chi connectivity index (χ4v) is 4.77. The van der Waals surface area contributed by atoms with Crippen LogP contribution in [0.3, 0.4) is 0 Å². The van der Waals surface area contributed by atoms with Crippen LogP contribution in [0.15, 0.2) is 47.5 Å². The highest BCUT2D eigenvalue weighted by Crippen LogP contribution is 2.26. The Morgan fingerprint density at radius 1 is 1.06 bits per heavy atom. The highest BCUT2D eigenvalue weighted by molar-refractivity contribution is 14.0. The molecular formula is C24H33IN4OS. The number of guanidine groups is 1. The molecule has 2 aliphatic rings. The molecule has 1 saturated heterocycles. The fraction of sp³-hybridized carbons (Fsp3) is 0.458. The van der Waals surface area contributed by atoms with Crippen LogP contribution < -0.4 is 20.3 Å². The van der Waals surface area contributed by atoms with Crippen molar-refractivity contribution < 1.29 is 4.74 Å². The minimum Gasteiger partial charge on any atom is -0.493 e. The molecule has 0 unspecified atom stereocenters. The molecule has 2 N–H and O–H groups in total. The summed E-state index contributed by atoms with van der Waals surface area (Å²) in [5, 5.41) is 6.82. The third-order valence-corrected chi connectivity index (χ3v) is 6.48. The normalized spacial score (nSPS) is 15.6. The summed E-state index contributed by atoms with van der Waals surface area (Å²) in [5.74, 6) is 4.37. The number of anilines is 1. The molecule has 7 heteroatoms. The number of ether oxygens (including phenoxy) is 1. The summed E-state index contributed by atoms with van der Waals surface area (Å²) in [6.45, 7) is 7.60. The maximum absolute atomic E-state index is 5.60. The molecule has 2 aromatic carbocycles. The highest BCUT2D eigenvalue weighted by atomic mass is 127. The van der Waals surface area contributed by atoms with Gasteiger partial charge in [0, 0.05) is 49.8 Å². The standard InChI is InChI=1S/C24H32N4OS.HI/c1-2-25-24(26-11-9-19-5-8-23-21(17-19)10-14-29-23)27-18-20-3-6-22(7-4-20)28-12-15-30-16-13-28;/h3-8,17H,2,9-16,18H2,1H3,(H2,25,26,27);1H. The number of nitrogens with one attached hydrogen (secondary N) is 2. The van der Waals surface area contributed by atoms with Crippen LogP contribution >= 0.6 is 35.7 Å². The van der Waals surface area contributed by atoms with E-state index in [-0.39, 0.29) is 24.0 Å². The zero-order chi connectivity index (χ0) is 20.6. The molecule has 0 radical (unpaired) electrons. The van der Waals surface area contributed by atoms with Crippen LogP contribution in [0.5, 0.6) is 5.75 Å². The molecule has 2 aromatic rings. The Morgan fingerprint density at radius 2 is 1.84 bits per heavy atom. The van der Waals surface area contributed by atoms with Crippen molar-refractivity contribution in [3.05, 3.63) is 59.2 Å². The summed E-state index contributed by atoms with van der Waals surface area (Å²) in [5.41, 5.74) is 5.24. The molecular weight excluding hydrogens is 519 g/mol. The van der Waals surface area contributed by atoms with E-state index < -0.39 is 0 Å². The number of thioether (sulfide) groups is 1. The Bertz CT molecular complexity index is 853. The minimum absolute atomic E-state index is 0. The van der Waals surface area contributed by atoms with Crippen molar-refractivity contribution in [1.29, 1.82) is 0 Å². The Hall–Kier alpha value is -1.61. The van der Waals surface area contributed by atoms with Gasteiger partial charge in [-0.15, -0.1) is 24.0 Å². The van der Waals surface area contributed by atoms with E-state index in [0.29, 0.717) is 6.54 Å². The first kappa shape index (κ1) is 24.0. The fourth-order valence-electron chi connectivity index (χ4n) is 3.87. The molecule has 0 amide bonds. The number of benzene rings is 2.